The van der Waals surface area contributed by atoms with Gasteiger partial charge in [0.15, 0.2) is 0 Å². The van der Waals surface area contributed by atoms with Crippen molar-refractivity contribution in [2.45, 2.75) is 6.92 Å². The summed E-state index contributed by atoms with van der Waals surface area (Å²) in [4.78, 5) is 6.45. The van der Waals surface area contributed by atoms with Gasteiger partial charge in [-0.1, -0.05) is 24.3 Å². The fraction of sp³-hybridized carbons (Fsp3) is 0.158. The van der Waals surface area contributed by atoms with E-state index in [2.05, 4.69) is 4.98 Å². The quantitative estimate of drug-likeness (QED) is 0.758. The van der Waals surface area contributed by atoms with Crippen molar-refractivity contribution < 1.29 is 5.11 Å². The third-order valence-electron chi connectivity index (χ3n) is 4.43. The first-order chi connectivity index (χ1) is 11.6. The minimum Gasteiger partial charge on any atom is -0.509 e. The average Bonchev–Trinajstić information content (AvgIpc) is 3.04. The molecule has 0 atom stereocenters. The number of aliphatic hydroxyl groups is 1. The molecule has 0 fully saturated rings. The lowest BCUT2D eigenvalue weighted by molar-refractivity contribution is 0.411. The number of rotatable bonds is 2. The van der Waals surface area contributed by atoms with Crippen molar-refractivity contribution in [1.29, 1.82) is 5.41 Å². The normalized spacial score (nSPS) is 14.9. The molecule has 0 saturated carbocycles. The maximum atomic E-state index is 10.5. The number of benzene rings is 2. The molecule has 0 amide bonds. The molecule has 5 nitrogen and oxygen atoms in total. The Kier molecular flexibility index (Phi) is 3.16. The van der Waals surface area contributed by atoms with Crippen molar-refractivity contribution >= 4 is 28.1 Å². The van der Waals surface area contributed by atoms with Gasteiger partial charge in [-0.05, 0) is 36.8 Å². The van der Waals surface area contributed by atoms with E-state index in [0.29, 0.717) is 17.9 Å². The lowest BCUT2D eigenvalue weighted by Gasteiger charge is -2.18. The predicted molar refractivity (Wildman–Crippen MR) is 96.5 cm³/mol. The van der Waals surface area contributed by atoms with Crippen LogP contribution in [-0.2, 0) is 7.05 Å². The monoisotopic (exact) mass is 318 g/mol. The highest BCUT2D eigenvalue weighted by Crippen LogP contribution is 2.31. The molecule has 2 aromatic carbocycles. The Labute approximate surface area is 140 Å². The molecular formula is C19H18N4O. The lowest BCUT2D eigenvalue weighted by Crippen LogP contribution is -2.26. The second-order valence-corrected chi connectivity index (χ2v) is 6.08. The predicted octanol–water partition coefficient (Wildman–Crippen LogP) is 3.65. The molecule has 4 rings (SSSR count). The van der Waals surface area contributed by atoms with Crippen molar-refractivity contribution in [2.75, 3.05) is 11.4 Å². The molecule has 3 aromatic rings. The van der Waals surface area contributed by atoms with Crippen LogP contribution < -0.4 is 4.90 Å². The number of imidazole rings is 1. The molecule has 1 aliphatic rings. The number of aromatic nitrogens is 2. The van der Waals surface area contributed by atoms with Crippen LogP contribution in [0, 0.1) is 12.3 Å². The molecule has 120 valence electrons. The van der Waals surface area contributed by atoms with E-state index in [1.165, 1.54) is 0 Å². The molecule has 5 heteroatoms. The maximum Gasteiger partial charge on any atom is 0.148 e. The van der Waals surface area contributed by atoms with Gasteiger partial charge in [0.25, 0.3) is 0 Å². The van der Waals surface area contributed by atoms with Gasteiger partial charge in [0, 0.05) is 12.7 Å². The molecular weight excluding hydrogens is 300 g/mol. The van der Waals surface area contributed by atoms with E-state index in [1.807, 2.05) is 67.1 Å². The molecule has 1 aliphatic heterocycles. The Morgan fingerprint density at radius 1 is 1.12 bits per heavy atom. The summed E-state index contributed by atoms with van der Waals surface area (Å²) < 4.78 is 1.93. The summed E-state index contributed by atoms with van der Waals surface area (Å²) in [5.74, 6) is 1.07. The highest BCUT2D eigenvalue weighted by molar-refractivity contribution is 6.30. The number of fused-ring (bicyclic) bond motifs is 1. The molecule has 0 saturated heterocycles. The van der Waals surface area contributed by atoms with Crippen molar-refractivity contribution in [2.24, 2.45) is 7.05 Å². The molecule has 0 bridgehead atoms. The van der Waals surface area contributed by atoms with Crippen molar-refractivity contribution in [3.05, 3.63) is 65.7 Å². The summed E-state index contributed by atoms with van der Waals surface area (Å²) in [5.41, 5.74) is 4.38. The van der Waals surface area contributed by atoms with Gasteiger partial charge in [-0.2, -0.15) is 0 Å². The Morgan fingerprint density at radius 2 is 1.88 bits per heavy atom. The smallest absolute Gasteiger partial charge is 0.148 e. The van der Waals surface area contributed by atoms with Crippen LogP contribution in [0.2, 0.25) is 0 Å². The number of anilines is 1. The summed E-state index contributed by atoms with van der Waals surface area (Å²) in [7, 11) is 1.92. The van der Waals surface area contributed by atoms with E-state index >= 15 is 0 Å². The average molecular weight is 318 g/mol. The van der Waals surface area contributed by atoms with E-state index in [9.17, 15) is 5.11 Å². The van der Waals surface area contributed by atoms with E-state index in [0.717, 1.165) is 22.3 Å². The van der Waals surface area contributed by atoms with E-state index in [-0.39, 0.29) is 11.6 Å². The van der Waals surface area contributed by atoms with Gasteiger partial charge < -0.3 is 14.6 Å². The topological polar surface area (TPSA) is 65.1 Å². The minimum absolute atomic E-state index is 0.180. The number of nitrogens with zero attached hydrogens (tertiary/aromatic N) is 3. The van der Waals surface area contributed by atoms with Gasteiger partial charge in [0.1, 0.15) is 17.4 Å². The van der Waals surface area contributed by atoms with Crippen LogP contribution in [0.5, 0.6) is 0 Å². The minimum atomic E-state index is 0.180. The fourth-order valence-corrected chi connectivity index (χ4v) is 3.18. The number of para-hydroxylation sites is 1. The molecule has 0 spiro atoms. The second-order valence-electron chi connectivity index (χ2n) is 6.08. The van der Waals surface area contributed by atoms with Gasteiger partial charge in [0.2, 0.25) is 0 Å². The van der Waals surface area contributed by atoms with Gasteiger partial charge >= 0.3 is 0 Å². The summed E-state index contributed by atoms with van der Waals surface area (Å²) in [6, 6.07) is 15.7. The summed E-state index contributed by atoms with van der Waals surface area (Å²) in [5, 5.41) is 19.0. The molecule has 0 unspecified atom stereocenters. The maximum absolute atomic E-state index is 10.5. The van der Waals surface area contributed by atoms with Crippen LogP contribution in [0.3, 0.4) is 0 Å². The first-order valence-corrected chi connectivity index (χ1v) is 7.83. The molecule has 1 aromatic heterocycles. The Bertz CT molecular complexity index is 985. The van der Waals surface area contributed by atoms with E-state index in [1.54, 1.807) is 4.90 Å². The standard InChI is InChI=1S/C19H18N4O/c1-12-8-9-15-14(10-12)21-19(22(15)2)17-16(24)11-23(18(17)20)13-6-4-3-5-7-13/h3-10,20,24H,11H2,1-2H3. The molecule has 24 heavy (non-hydrogen) atoms. The zero-order valence-corrected chi connectivity index (χ0v) is 13.6. The summed E-state index contributed by atoms with van der Waals surface area (Å²) >= 11 is 0. The van der Waals surface area contributed by atoms with Crippen LogP contribution in [0.1, 0.15) is 11.4 Å². The molecule has 0 radical (unpaired) electrons. The fourth-order valence-electron chi connectivity index (χ4n) is 3.18. The van der Waals surface area contributed by atoms with Gasteiger partial charge in [-0.15, -0.1) is 0 Å². The Balaban J connectivity index is 1.81. The van der Waals surface area contributed by atoms with Crippen LogP contribution in [0.25, 0.3) is 16.6 Å². The number of amidine groups is 1. The zero-order valence-electron chi connectivity index (χ0n) is 13.6. The first-order valence-electron chi connectivity index (χ1n) is 7.83. The number of aliphatic hydroxyl groups excluding tert-OH is 1. The number of hydrogen-bond donors (Lipinski definition) is 2. The zero-order chi connectivity index (χ0) is 16.8. The van der Waals surface area contributed by atoms with Gasteiger partial charge in [-0.25, -0.2) is 4.98 Å². The number of hydrogen-bond acceptors (Lipinski definition) is 3. The second kappa shape index (κ2) is 5.23. The molecule has 2 N–H and O–H groups in total. The van der Waals surface area contributed by atoms with Crippen molar-refractivity contribution in [3.63, 3.8) is 0 Å². The molecule has 0 aliphatic carbocycles. The SMILES string of the molecule is Cc1ccc2c(c1)nc(C1=C(O)CN(c3ccccc3)C1=N)n2C. The number of nitrogens with one attached hydrogen (secondary N) is 1. The largest absolute Gasteiger partial charge is 0.509 e. The lowest BCUT2D eigenvalue weighted by atomic mass is 10.2. The first kappa shape index (κ1) is 14.5. The highest BCUT2D eigenvalue weighted by Gasteiger charge is 2.32. The van der Waals surface area contributed by atoms with Gasteiger partial charge in [-0.3, -0.25) is 5.41 Å². The van der Waals surface area contributed by atoms with Crippen molar-refractivity contribution in [1.82, 2.24) is 9.55 Å². The third kappa shape index (κ3) is 2.09. The van der Waals surface area contributed by atoms with Crippen LogP contribution in [0.15, 0.2) is 54.3 Å². The van der Waals surface area contributed by atoms with E-state index < -0.39 is 0 Å². The van der Waals surface area contributed by atoms with Crippen molar-refractivity contribution in [3.8, 4) is 0 Å². The summed E-state index contributed by atoms with van der Waals surface area (Å²) in [6.45, 7) is 2.32. The third-order valence-corrected chi connectivity index (χ3v) is 4.43. The number of aryl methyl sites for hydroxylation is 2. The Morgan fingerprint density at radius 3 is 2.62 bits per heavy atom. The van der Waals surface area contributed by atoms with Crippen LogP contribution in [0.4, 0.5) is 5.69 Å². The van der Waals surface area contributed by atoms with Crippen LogP contribution >= 0.6 is 0 Å². The molecule has 2 heterocycles. The van der Waals surface area contributed by atoms with Gasteiger partial charge in [0.05, 0.1) is 23.2 Å². The summed E-state index contributed by atoms with van der Waals surface area (Å²) in [6.07, 6.45) is 0. The highest BCUT2D eigenvalue weighted by atomic mass is 16.3. The van der Waals surface area contributed by atoms with E-state index in [4.69, 9.17) is 5.41 Å². The Hall–Kier alpha value is -3.08. The van der Waals surface area contributed by atoms with Crippen LogP contribution in [-0.4, -0.2) is 27.0 Å².